The second-order valence-electron chi connectivity index (χ2n) is 8.66. The standard InChI is InChI=1S/C18H23N6O16P3.2Na/c19-18-21-15-12(16(27)22-18)20-8-23(15)17-14(26)13(25)11(38-17)7-37-42(32,33)40-43(34,35)39-41(30,31)36-6-5-9-3-1-2-4-10(9)24(28)29;;/h1-4,8,11,13-14,17,25-26H,5-7H2,(H,30,31)(H,32,33)(H,34,35)(H3,19,21,22,27);;/t11-,13-,14-,17-;;/m1../s1. The van der Waals surface area contributed by atoms with E-state index in [1.54, 1.807) is 0 Å². The number of aliphatic hydroxyl groups is 2. The molecule has 2 radical (unpaired) electrons. The van der Waals surface area contributed by atoms with E-state index in [2.05, 4.69) is 32.6 Å². The molecule has 0 aliphatic carbocycles. The van der Waals surface area contributed by atoms with Gasteiger partial charge >= 0.3 is 23.5 Å². The second-order valence-corrected chi connectivity index (χ2v) is 13.3. The van der Waals surface area contributed by atoms with Crippen molar-refractivity contribution < 1.29 is 65.9 Å². The van der Waals surface area contributed by atoms with E-state index in [9.17, 15) is 53.5 Å². The fourth-order valence-corrected chi connectivity index (χ4v) is 7.40. The first kappa shape index (κ1) is 40.2. The Morgan fingerprint density at radius 1 is 1.04 bits per heavy atom. The van der Waals surface area contributed by atoms with Crippen LogP contribution in [0.1, 0.15) is 11.8 Å². The van der Waals surface area contributed by atoms with Crippen molar-refractivity contribution in [3.63, 3.8) is 0 Å². The number of phosphoric ester groups is 2. The zero-order chi connectivity index (χ0) is 31.7. The number of aromatic nitrogens is 4. The van der Waals surface area contributed by atoms with Crippen LogP contribution < -0.4 is 11.3 Å². The third-order valence-electron chi connectivity index (χ3n) is 5.69. The van der Waals surface area contributed by atoms with E-state index in [0.29, 0.717) is 0 Å². The van der Waals surface area contributed by atoms with Gasteiger partial charge in [-0.25, -0.2) is 18.7 Å². The molecular formula is C18H23N6Na2O16P3. The molecule has 0 spiro atoms. The van der Waals surface area contributed by atoms with Crippen LogP contribution in [0, 0.1) is 10.1 Å². The Bertz CT molecular complexity index is 1730. The number of H-pyrrole nitrogens is 1. The number of hydrogen-bond donors (Lipinski definition) is 7. The number of fused-ring (bicyclic) bond motifs is 1. The van der Waals surface area contributed by atoms with E-state index in [1.807, 2.05) is 0 Å². The number of nitrogen functional groups attached to an aromatic ring is 1. The summed E-state index contributed by atoms with van der Waals surface area (Å²) in [6.07, 6.45) is -5.79. The van der Waals surface area contributed by atoms with E-state index < -0.39 is 71.7 Å². The summed E-state index contributed by atoms with van der Waals surface area (Å²) >= 11 is 0. The molecule has 0 bridgehead atoms. The molecule has 1 aliphatic heterocycles. The number of nitrogens with two attached hydrogens (primary N) is 1. The predicted octanol–water partition coefficient (Wildman–Crippen LogP) is -0.922. The number of nitro groups is 1. The Labute approximate surface area is 295 Å². The number of para-hydroxylation sites is 1. The smallest absolute Gasteiger partial charge is 0.387 e. The van der Waals surface area contributed by atoms with Gasteiger partial charge in [-0.05, 0) is 0 Å². The molecule has 3 aromatic rings. The Morgan fingerprint density at radius 2 is 1.67 bits per heavy atom. The van der Waals surface area contributed by atoms with Gasteiger partial charge in [0.25, 0.3) is 11.2 Å². The molecule has 2 aromatic heterocycles. The van der Waals surface area contributed by atoms with Crippen LogP contribution in [0.2, 0.25) is 0 Å². The molecule has 3 heterocycles. The summed E-state index contributed by atoms with van der Waals surface area (Å²) < 4.78 is 60.0. The predicted molar refractivity (Wildman–Crippen MR) is 150 cm³/mol. The molecule has 0 amide bonds. The summed E-state index contributed by atoms with van der Waals surface area (Å²) in [6.45, 7) is -1.76. The van der Waals surface area contributed by atoms with Gasteiger partial charge in [0.1, 0.15) is 18.3 Å². The van der Waals surface area contributed by atoms with Gasteiger partial charge in [0, 0.05) is 77.2 Å². The molecule has 1 saturated heterocycles. The maximum atomic E-state index is 12.3. The molecule has 3 unspecified atom stereocenters. The zero-order valence-corrected chi connectivity index (χ0v) is 29.9. The molecule has 1 aromatic carbocycles. The van der Waals surface area contributed by atoms with E-state index in [-0.39, 0.29) is 93.9 Å². The van der Waals surface area contributed by atoms with E-state index >= 15 is 0 Å². The molecular weight excluding hydrogens is 695 g/mol. The summed E-state index contributed by atoms with van der Waals surface area (Å²) in [6, 6.07) is 5.35. The van der Waals surface area contributed by atoms with Gasteiger partial charge in [-0.2, -0.15) is 13.6 Å². The molecule has 1 aliphatic rings. The molecule has 238 valence electrons. The van der Waals surface area contributed by atoms with Crippen molar-refractivity contribution in [2.45, 2.75) is 31.0 Å². The van der Waals surface area contributed by atoms with E-state index in [0.717, 1.165) is 10.9 Å². The zero-order valence-electron chi connectivity index (χ0n) is 23.3. The van der Waals surface area contributed by atoms with Gasteiger partial charge in [0.2, 0.25) is 5.95 Å². The van der Waals surface area contributed by atoms with Crippen LogP contribution in [0.25, 0.3) is 11.2 Å². The van der Waals surface area contributed by atoms with Crippen LogP contribution in [-0.4, -0.2) is 140 Å². The number of aliphatic hydroxyl groups excluding tert-OH is 2. The minimum Gasteiger partial charge on any atom is -0.387 e. The van der Waals surface area contributed by atoms with Crippen molar-refractivity contribution >= 4 is 105 Å². The van der Waals surface area contributed by atoms with Crippen molar-refractivity contribution in [1.29, 1.82) is 0 Å². The van der Waals surface area contributed by atoms with E-state index in [4.69, 9.17) is 10.5 Å². The normalized spacial score (nSPS) is 23.7. The Hall–Kier alpha value is -0.940. The maximum absolute atomic E-state index is 12.3. The number of imidazole rings is 1. The largest absolute Gasteiger partial charge is 0.490 e. The topological polar surface area (TPSA) is 331 Å². The molecule has 0 saturated carbocycles. The average Bonchev–Trinajstić information content (AvgIpc) is 3.42. The molecule has 45 heavy (non-hydrogen) atoms. The number of anilines is 1. The van der Waals surface area contributed by atoms with Crippen LogP contribution in [0.4, 0.5) is 11.6 Å². The molecule has 4 rings (SSSR count). The van der Waals surface area contributed by atoms with E-state index in [1.165, 1.54) is 24.3 Å². The summed E-state index contributed by atoms with van der Waals surface area (Å²) in [4.78, 5) is 61.6. The number of benzene rings is 1. The number of nitrogens with zero attached hydrogens (tertiary/aromatic N) is 4. The monoisotopic (exact) mass is 718 g/mol. The first-order valence-electron chi connectivity index (χ1n) is 11.6. The van der Waals surface area contributed by atoms with Crippen LogP contribution in [0.15, 0.2) is 35.4 Å². The molecule has 7 atom stereocenters. The first-order valence-corrected chi connectivity index (χ1v) is 16.1. The number of rotatable bonds is 13. The Kier molecular flexibility index (Phi) is 14.3. The van der Waals surface area contributed by atoms with Crippen LogP contribution in [-0.2, 0) is 42.5 Å². The number of aromatic amines is 1. The van der Waals surface area contributed by atoms with Gasteiger partial charge in [-0.3, -0.25) is 33.5 Å². The van der Waals surface area contributed by atoms with Crippen molar-refractivity contribution in [1.82, 2.24) is 19.5 Å². The van der Waals surface area contributed by atoms with Crippen molar-refractivity contribution in [2.75, 3.05) is 18.9 Å². The summed E-state index contributed by atoms with van der Waals surface area (Å²) in [5.74, 6) is -0.292. The summed E-state index contributed by atoms with van der Waals surface area (Å²) in [7, 11) is -16.9. The number of nitrogens with one attached hydrogen (secondary N) is 1. The third kappa shape index (κ3) is 10.3. The first-order chi connectivity index (χ1) is 20.0. The third-order valence-corrected chi connectivity index (χ3v) is 9.98. The van der Waals surface area contributed by atoms with Crippen molar-refractivity contribution in [3.05, 3.63) is 56.6 Å². The fourth-order valence-electron chi connectivity index (χ4n) is 3.89. The minimum atomic E-state index is -5.85. The average molecular weight is 718 g/mol. The molecule has 22 nitrogen and oxygen atoms in total. The Morgan fingerprint density at radius 3 is 2.31 bits per heavy atom. The van der Waals surface area contributed by atoms with Gasteiger partial charge in [0.15, 0.2) is 17.4 Å². The quantitative estimate of drug-likeness (QED) is 0.0486. The van der Waals surface area contributed by atoms with Gasteiger partial charge in [-0.15, -0.1) is 0 Å². The SMILES string of the molecule is Nc1nc2c(ncn2[C@@H]2O[C@H](COP(=O)(O)OP(=O)(O)OP(=O)(O)OCCc3ccccc3[N+](=O)[O-])[C@@H](O)[C@H]2O)c(=O)[nH]1.[Na].[Na]. The molecule has 1 fully saturated rings. The van der Waals surface area contributed by atoms with Crippen molar-refractivity contribution in [2.24, 2.45) is 0 Å². The van der Waals surface area contributed by atoms with Crippen LogP contribution in [0.5, 0.6) is 0 Å². The number of hydrogen-bond acceptors (Lipinski definition) is 16. The van der Waals surface area contributed by atoms with Gasteiger partial charge in [-0.1, -0.05) is 18.2 Å². The summed E-state index contributed by atoms with van der Waals surface area (Å²) in [5, 5.41) is 31.8. The van der Waals surface area contributed by atoms with Gasteiger partial charge in [0.05, 0.1) is 24.5 Å². The Balaban J connectivity index is 0.00000353. The number of nitro benzene ring substituents is 1. The number of phosphoric acid groups is 3. The maximum Gasteiger partial charge on any atom is 0.490 e. The molecule has 27 heteroatoms. The van der Waals surface area contributed by atoms with Crippen molar-refractivity contribution in [3.8, 4) is 0 Å². The fraction of sp³-hybridized carbons (Fsp3) is 0.389. The van der Waals surface area contributed by atoms with Gasteiger partial charge < -0.3 is 35.4 Å². The second kappa shape index (κ2) is 16.0. The minimum absolute atomic E-state index is 0. The molecule has 8 N–H and O–H groups in total. The van der Waals surface area contributed by atoms with Crippen LogP contribution in [0.3, 0.4) is 0 Å². The van der Waals surface area contributed by atoms with Crippen LogP contribution >= 0.6 is 23.5 Å². The number of ether oxygens (including phenoxy) is 1. The summed E-state index contributed by atoms with van der Waals surface area (Å²) in [5.41, 5.74) is 4.28.